The second-order valence-electron chi connectivity index (χ2n) is 5.97. The van der Waals surface area contributed by atoms with Crippen LogP contribution in [-0.2, 0) is 11.5 Å². The van der Waals surface area contributed by atoms with Crippen molar-refractivity contribution in [1.82, 2.24) is 10.6 Å². The zero-order chi connectivity index (χ0) is 15.4. The Hall–Kier alpha value is -0.240. The third-order valence-corrected chi connectivity index (χ3v) is 7.03. The number of hydrogen-bond acceptors (Lipinski definition) is 6. The van der Waals surface area contributed by atoms with Gasteiger partial charge in [-0.2, -0.15) is 0 Å². The van der Waals surface area contributed by atoms with Crippen LogP contribution in [0, 0.1) is 0 Å². The molecule has 4 atom stereocenters. The predicted molar refractivity (Wildman–Crippen MR) is 94.4 cm³/mol. The zero-order valence-electron chi connectivity index (χ0n) is 12.6. The van der Waals surface area contributed by atoms with Crippen molar-refractivity contribution in [2.45, 2.75) is 34.2 Å². The molecule has 0 radical (unpaired) electrons. The topological polar surface area (TPSA) is 64.5 Å². The Morgan fingerprint density at radius 3 is 1.50 bits per heavy atom. The fourth-order valence-electron chi connectivity index (χ4n) is 2.76. The zero-order valence-corrected chi connectivity index (χ0v) is 14.2. The number of nitrogens with one attached hydrogen (secondary N) is 2. The van der Waals surface area contributed by atoms with E-state index in [1.165, 1.54) is 11.1 Å². The summed E-state index contributed by atoms with van der Waals surface area (Å²) in [6, 6.07) is 8.73. The summed E-state index contributed by atoms with van der Waals surface area (Å²) >= 11 is 3.65. The molecule has 3 rings (SSSR count). The van der Waals surface area contributed by atoms with Crippen LogP contribution in [-0.4, -0.2) is 59.1 Å². The number of aliphatic hydroxyl groups excluding tert-OH is 2. The molecule has 0 saturated carbocycles. The second kappa shape index (κ2) is 8.04. The summed E-state index contributed by atoms with van der Waals surface area (Å²) in [6.07, 6.45) is -0.431. The molecule has 2 fully saturated rings. The minimum atomic E-state index is -0.216. The Bertz CT molecular complexity index is 429. The van der Waals surface area contributed by atoms with Crippen LogP contribution in [0.5, 0.6) is 0 Å². The van der Waals surface area contributed by atoms with Gasteiger partial charge in [-0.3, -0.25) is 0 Å². The van der Waals surface area contributed by atoms with Gasteiger partial charge in [0.25, 0.3) is 0 Å². The molecule has 2 heterocycles. The van der Waals surface area contributed by atoms with E-state index in [4.69, 9.17) is 0 Å². The van der Waals surface area contributed by atoms with Crippen LogP contribution in [0.25, 0.3) is 0 Å². The lowest BCUT2D eigenvalue weighted by molar-refractivity contribution is 0.200. The highest BCUT2D eigenvalue weighted by molar-refractivity contribution is 7.99. The molecule has 122 valence electrons. The van der Waals surface area contributed by atoms with Crippen molar-refractivity contribution in [3.05, 3.63) is 35.4 Å². The van der Waals surface area contributed by atoms with Crippen LogP contribution in [0.3, 0.4) is 0 Å². The second-order valence-corrected chi connectivity index (χ2v) is 8.42. The summed E-state index contributed by atoms with van der Waals surface area (Å²) in [7, 11) is 0. The molecule has 0 aromatic heterocycles. The van der Waals surface area contributed by atoms with Crippen LogP contribution in [0.2, 0.25) is 0 Å². The molecule has 2 saturated heterocycles. The number of thioether (sulfide) groups is 2. The van der Waals surface area contributed by atoms with Crippen LogP contribution in [0.15, 0.2) is 24.3 Å². The number of rotatable bonds is 6. The first-order valence-electron chi connectivity index (χ1n) is 7.81. The highest BCUT2D eigenvalue weighted by atomic mass is 32.2. The third kappa shape index (κ3) is 4.40. The first-order valence-corrected chi connectivity index (χ1v) is 9.91. The highest BCUT2D eigenvalue weighted by Gasteiger charge is 2.25. The largest absolute Gasteiger partial charge is 0.391 e. The van der Waals surface area contributed by atoms with Crippen LogP contribution in [0.4, 0.5) is 0 Å². The van der Waals surface area contributed by atoms with Crippen molar-refractivity contribution in [1.29, 1.82) is 0 Å². The van der Waals surface area contributed by atoms with E-state index < -0.39 is 0 Å². The maximum atomic E-state index is 9.79. The molecular formula is C16H24N2O2S2. The van der Waals surface area contributed by atoms with Gasteiger partial charge in [-0.15, -0.1) is 23.5 Å². The van der Waals surface area contributed by atoms with Gasteiger partial charge in [0.15, 0.2) is 0 Å². The van der Waals surface area contributed by atoms with E-state index in [9.17, 15) is 10.2 Å². The Morgan fingerprint density at radius 1 is 0.773 bits per heavy atom. The van der Waals surface area contributed by atoms with E-state index in [-0.39, 0.29) is 12.2 Å². The van der Waals surface area contributed by atoms with Gasteiger partial charge >= 0.3 is 0 Å². The van der Waals surface area contributed by atoms with Gasteiger partial charge in [0.1, 0.15) is 0 Å². The molecule has 22 heavy (non-hydrogen) atoms. The molecule has 0 aliphatic carbocycles. The molecule has 2 aliphatic rings. The van der Waals surface area contributed by atoms with E-state index in [1.807, 2.05) is 23.5 Å². The predicted octanol–water partition coefficient (Wildman–Crippen LogP) is 0.818. The Morgan fingerprint density at radius 2 is 1.18 bits per heavy atom. The summed E-state index contributed by atoms with van der Waals surface area (Å²) in [6.45, 7) is 3.24. The molecule has 1 aromatic carbocycles. The molecule has 4 nitrogen and oxygen atoms in total. The van der Waals surface area contributed by atoms with Crippen molar-refractivity contribution in [2.24, 2.45) is 0 Å². The summed E-state index contributed by atoms with van der Waals surface area (Å²) in [5.41, 5.74) is 2.61. The number of hydrogen-bond donors (Lipinski definition) is 4. The fraction of sp³-hybridized carbons (Fsp3) is 0.625. The average Bonchev–Trinajstić information content (AvgIpc) is 3.12. The van der Waals surface area contributed by atoms with E-state index in [0.29, 0.717) is 10.5 Å². The first-order chi connectivity index (χ1) is 10.7. The molecule has 1 aromatic rings. The summed E-state index contributed by atoms with van der Waals surface area (Å²) in [4.78, 5) is 0. The SMILES string of the molecule is O[C@@H]1CNC[C@H]1SCc1ccc(CS[C@@H]2CNC[C@H]2O)cc1. The van der Waals surface area contributed by atoms with Gasteiger partial charge in [-0.05, 0) is 11.1 Å². The maximum absolute atomic E-state index is 9.79. The first kappa shape index (κ1) is 16.6. The van der Waals surface area contributed by atoms with Gasteiger partial charge < -0.3 is 20.8 Å². The van der Waals surface area contributed by atoms with Gasteiger partial charge in [0.2, 0.25) is 0 Å². The number of β-amino-alcohol motifs (C(OH)–C–C–N with tert-alkyl or cyclic N) is 2. The lowest BCUT2D eigenvalue weighted by Gasteiger charge is -2.14. The van der Waals surface area contributed by atoms with E-state index in [2.05, 4.69) is 34.9 Å². The smallest absolute Gasteiger partial charge is 0.0795 e. The molecule has 2 aliphatic heterocycles. The van der Waals surface area contributed by atoms with Crippen molar-refractivity contribution < 1.29 is 10.2 Å². The van der Waals surface area contributed by atoms with Crippen LogP contribution in [0.1, 0.15) is 11.1 Å². The van der Waals surface area contributed by atoms with Gasteiger partial charge in [-0.25, -0.2) is 0 Å². The summed E-state index contributed by atoms with van der Waals surface area (Å²) in [5.74, 6) is 1.89. The van der Waals surface area contributed by atoms with Crippen LogP contribution < -0.4 is 10.6 Å². The maximum Gasteiger partial charge on any atom is 0.0795 e. The fourth-order valence-corrected chi connectivity index (χ4v) is 5.07. The monoisotopic (exact) mass is 340 g/mol. The lowest BCUT2D eigenvalue weighted by atomic mass is 10.2. The Balaban J connectivity index is 1.43. The van der Waals surface area contributed by atoms with Gasteiger partial charge in [0, 0.05) is 48.2 Å². The Labute approximate surface area is 140 Å². The van der Waals surface area contributed by atoms with E-state index >= 15 is 0 Å². The minimum absolute atomic E-state index is 0.216. The van der Waals surface area contributed by atoms with Gasteiger partial charge in [-0.1, -0.05) is 24.3 Å². The molecule has 0 bridgehead atoms. The molecule has 0 spiro atoms. The molecule has 4 N–H and O–H groups in total. The van der Waals surface area contributed by atoms with E-state index in [1.54, 1.807) is 0 Å². The lowest BCUT2D eigenvalue weighted by Crippen LogP contribution is -2.20. The van der Waals surface area contributed by atoms with E-state index in [0.717, 1.165) is 37.7 Å². The number of aliphatic hydroxyl groups is 2. The summed E-state index contributed by atoms with van der Waals surface area (Å²) in [5, 5.41) is 26.6. The normalized spacial score (nSPS) is 31.7. The minimum Gasteiger partial charge on any atom is -0.391 e. The van der Waals surface area contributed by atoms with Crippen molar-refractivity contribution >= 4 is 23.5 Å². The highest BCUT2D eigenvalue weighted by Crippen LogP contribution is 2.25. The van der Waals surface area contributed by atoms with Crippen LogP contribution >= 0.6 is 23.5 Å². The average molecular weight is 341 g/mol. The molecule has 0 amide bonds. The Kier molecular flexibility index (Phi) is 6.07. The standard InChI is InChI=1S/C16H24N2O2S2/c19-13-5-17-7-15(13)21-9-11-1-2-12(4-3-11)10-22-16-8-18-6-14(16)20/h1-4,13-20H,5-10H2/t13-,14-,15-,16-/m1/s1. The van der Waals surface area contributed by atoms with Crippen molar-refractivity contribution in [3.63, 3.8) is 0 Å². The van der Waals surface area contributed by atoms with Crippen molar-refractivity contribution in [2.75, 3.05) is 26.2 Å². The van der Waals surface area contributed by atoms with Crippen molar-refractivity contribution in [3.8, 4) is 0 Å². The molecular weight excluding hydrogens is 316 g/mol. The number of benzene rings is 1. The summed E-state index contributed by atoms with van der Waals surface area (Å²) < 4.78 is 0. The quantitative estimate of drug-likeness (QED) is 0.615. The van der Waals surface area contributed by atoms with Gasteiger partial charge in [0.05, 0.1) is 12.2 Å². The molecule has 6 heteroatoms. The third-order valence-electron chi connectivity index (χ3n) is 4.21. The molecule has 0 unspecified atom stereocenters.